The van der Waals surface area contributed by atoms with E-state index in [0.717, 1.165) is 5.56 Å². The Hall–Kier alpha value is -4.07. The summed E-state index contributed by atoms with van der Waals surface area (Å²) in [6, 6.07) is 14.6. The fraction of sp³-hybridized carbons (Fsp3) is 0.136. The van der Waals surface area contributed by atoms with Crippen LogP contribution in [0.15, 0.2) is 59.5 Å². The first-order valence-corrected chi connectivity index (χ1v) is 9.16. The zero-order chi connectivity index (χ0) is 21.1. The molecule has 0 aliphatic carbocycles. The van der Waals surface area contributed by atoms with Crippen LogP contribution in [0.3, 0.4) is 0 Å². The van der Waals surface area contributed by atoms with E-state index >= 15 is 0 Å². The van der Waals surface area contributed by atoms with Gasteiger partial charge in [0.2, 0.25) is 5.95 Å². The number of benzene rings is 2. The smallest absolute Gasteiger partial charge is 0.262 e. The van der Waals surface area contributed by atoms with Crippen LogP contribution in [0.1, 0.15) is 0 Å². The molecule has 0 radical (unpaired) electrons. The van der Waals surface area contributed by atoms with Crippen LogP contribution >= 0.6 is 0 Å². The van der Waals surface area contributed by atoms with E-state index in [2.05, 4.69) is 20.3 Å². The average molecular weight is 404 g/mol. The molecule has 0 aliphatic rings. The van der Waals surface area contributed by atoms with Gasteiger partial charge >= 0.3 is 0 Å². The third kappa shape index (κ3) is 3.50. The zero-order valence-corrected chi connectivity index (χ0v) is 16.7. The molecule has 2 aromatic heterocycles. The van der Waals surface area contributed by atoms with Gasteiger partial charge in [0.25, 0.3) is 5.56 Å². The predicted molar refractivity (Wildman–Crippen MR) is 115 cm³/mol. The number of methoxy groups -OCH3 is 3. The van der Waals surface area contributed by atoms with Gasteiger partial charge in [-0.3, -0.25) is 9.78 Å². The highest BCUT2D eigenvalue weighted by Crippen LogP contribution is 2.34. The topological polar surface area (TPSA) is 98.4 Å². The number of rotatable bonds is 6. The predicted octanol–water partition coefficient (Wildman–Crippen LogP) is 3.75. The lowest BCUT2D eigenvalue weighted by atomic mass is 10.0. The highest BCUT2D eigenvalue weighted by Gasteiger charge is 2.14. The SMILES string of the molecule is COc1ccccc1Nc1nc2nccc(-c3ccc(OC)c(OC)c3)c2c(=O)[nH]1. The van der Waals surface area contributed by atoms with E-state index in [0.29, 0.717) is 39.5 Å². The molecular formula is C22H20N4O4. The Labute approximate surface area is 172 Å². The number of hydrogen-bond donors (Lipinski definition) is 2. The van der Waals surface area contributed by atoms with Crippen LogP contribution in [0.5, 0.6) is 17.2 Å². The Balaban J connectivity index is 1.81. The number of pyridine rings is 1. The van der Waals surface area contributed by atoms with Crippen molar-refractivity contribution >= 4 is 22.7 Å². The maximum Gasteiger partial charge on any atom is 0.262 e. The summed E-state index contributed by atoms with van der Waals surface area (Å²) in [4.78, 5) is 24.5. The molecule has 0 amide bonds. The molecule has 0 fully saturated rings. The van der Waals surface area contributed by atoms with Crippen LogP contribution in [0, 0.1) is 0 Å². The molecule has 0 spiro atoms. The van der Waals surface area contributed by atoms with Crippen LogP contribution in [-0.4, -0.2) is 36.3 Å². The van der Waals surface area contributed by atoms with Crippen molar-refractivity contribution < 1.29 is 14.2 Å². The Morgan fingerprint density at radius 3 is 2.43 bits per heavy atom. The first-order valence-electron chi connectivity index (χ1n) is 9.16. The monoisotopic (exact) mass is 404 g/mol. The number of nitrogens with zero attached hydrogens (tertiary/aromatic N) is 2. The van der Waals surface area contributed by atoms with Crippen molar-refractivity contribution in [3.63, 3.8) is 0 Å². The minimum atomic E-state index is -0.310. The molecule has 4 rings (SSSR count). The van der Waals surface area contributed by atoms with Gasteiger partial charge in [0.05, 0.1) is 32.4 Å². The lowest BCUT2D eigenvalue weighted by Gasteiger charge is -2.12. The van der Waals surface area contributed by atoms with Gasteiger partial charge in [-0.15, -0.1) is 0 Å². The van der Waals surface area contributed by atoms with Gasteiger partial charge in [-0.2, -0.15) is 4.98 Å². The van der Waals surface area contributed by atoms with E-state index in [-0.39, 0.29) is 11.5 Å². The maximum absolute atomic E-state index is 13.0. The summed E-state index contributed by atoms with van der Waals surface area (Å²) in [5.74, 6) is 2.08. The number of aromatic nitrogens is 3. The van der Waals surface area contributed by atoms with Crippen LogP contribution in [0.4, 0.5) is 11.6 Å². The van der Waals surface area contributed by atoms with Crippen LogP contribution in [-0.2, 0) is 0 Å². The Morgan fingerprint density at radius 2 is 1.67 bits per heavy atom. The lowest BCUT2D eigenvalue weighted by Crippen LogP contribution is -2.13. The van der Waals surface area contributed by atoms with E-state index < -0.39 is 0 Å². The van der Waals surface area contributed by atoms with Crippen molar-refractivity contribution in [2.24, 2.45) is 0 Å². The molecule has 0 atom stereocenters. The van der Waals surface area contributed by atoms with Gasteiger partial charge in [-0.05, 0) is 41.5 Å². The van der Waals surface area contributed by atoms with Crippen molar-refractivity contribution in [1.29, 1.82) is 0 Å². The van der Waals surface area contributed by atoms with E-state index in [1.807, 2.05) is 36.4 Å². The molecular weight excluding hydrogens is 384 g/mol. The first kappa shape index (κ1) is 19.3. The molecule has 0 saturated carbocycles. The van der Waals surface area contributed by atoms with Crippen LogP contribution in [0.25, 0.3) is 22.2 Å². The standard InChI is InChI=1S/C22H20N4O4/c1-28-16-7-5-4-6-15(16)24-22-25-20-19(21(27)26-22)14(10-11-23-20)13-8-9-17(29-2)18(12-13)30-3/h4-12H,1-3H3,(H2,23,24,25,26,27). The van der Waals surface area contributed by atoms with Gasteiger partial charge in [-0.25, -0.2) is 4.98 Å². The van der Waals surface area contributed by atoms with Gasteiger partial charge in [0.15, 0.2) is 17.1 Å². The van der Waals surface area contributed by atoms with E-state index in [9.17, 15) is 4.79 Å². The molecule has 8 heteroatoms. The molecule has 0 aliphatic heterocycles. The van der Waals surface area contributed by atoms with E-state index in [1.165, 1.54) is 0 Å². The highest BCUT2D eigenvalue weighted by atomic mass is 16.5. The summed E-state index contributed by atoms with van der Waals surface area (Å²) in [5.41, 5.74) is 2.17. The van der Waals surface area contributed by atoms with Gasteiger partial charge in [0.1, 0.15) is 5.75 Å². The Kier molecular flexibility index (Phi) is 5.21. The maximum atomic E-state index is 13.0. The molecule has 152 valence electrons. The third-order valence-electron chi connectivity index (χ3n) is 4.66. The summed E-state index contributed by atoms with van der Waals surface area (Å²) in [6.07, 6.45) is 1.62. The minimum Gasteiger partial charge on any atom is -0.495 e. The summed E-state index contributed by atoms with van der Waals surface area (Å²) < 4.78 is 16.0. The fourth-order valence-electron chi connectivity index (χ4n) is 3.24. The fourth-order valence-corrected chi connectivity index (χ4v) is 3.24. The molecule has 0 unspecified atom stereocenters. The van der Waals surface area contributed by atoms with Crippen molar-refractivity contribution in [1.82, 2.24) is 15.0 Å². The van der Waals surface area contributed by atoms with Gasteiger partial charge < -0.3 is 19.5 Å². The molecule has 30 heavy (non-hydrogen) atoms. The van der Waals surface area contributed by atoms with Crippen molar-refractivity contribution in [3.05, 3.63) is 65.1 Å². The average Bonchev–Trinajstić information content (AvgIpc) is 2.78. The summed E-state index contributed by atoms with van der Waals surface area (Å²) in [6.45, 7) is 0. The Bertz CT molecular complexity index is 1270. The number of aromatic amines is 1. The number of hydrogen-bond acceptors (Lipinski definition) is 7. The Morgan fingerprint density at radius 1 is 0.900 bits per heavy atom. The number of para-hydroxylation sites is 2. The van der Waals surface area contributed by atoms with Crippen molar-refractivity contribution in [2.45, 2.75) is 0 Å². The summed E-state index contributed by atoms with van der Waals surface area (Å²) in [5, 5.41) is 3.47. The van der Waals surface area contributed by atoms with Crippen molar-refractivity contribution in [2.75, 3.05) is 26.6 Å². The molecule has 2 aromatic carbocycles. The molecule has 8 nitrogen and oxygen atoms in total. The molecule has 4 aromatic rings. The lowest BCUT2D eigenvalue weighted by molar-refractivity contribution is 0.355. The minimum absolute atomic E-state index is 0.272. The number of ether oxygens (including phenoxy) is 3. The normalized spacial score (nSPS) is 10.6. The number of nitrogens with one attached hydrogen (secondary N) is 2. The molecule has 0 saturated heterocycles. The van der Waals surface area contributed by atoms with Crippen molar-refractivity contribution in [3.8, 4) is 28.4 Å². The van der Waals surface area contributed by atoms with Gasteiger partial charge in [0, 0.05) is 6.20 Å². The van der Waals surface area contributed by atoms with Crippen LogP contribution in [0.2, 0.25) is 0 Å². The number of fused-ring (bicyclic) bond motifs is 1. The number of H-pyrrole nitrogens is 1. The third-order valence-corrected chi connectivity index (χ3v) is 4.66. The summed E-state index contributed by atoms with van der Waals surface area (Å²) >= 11 is 0. The number of anilines is 2. The second kappa shape index (κ2) is 8.12. The van der Waals surface area contributed by atoms with Gasteiger partial charge in [-0.1, -0.05) is 18.2 Å². The first-order chi connectivity index (χ1) is 14.6. The van der Waals surface area contributed by atoms with E-state index in [1.54, 1.807) is 39.7 Å². The second-order valence-corrected chi connectivity index (χ2v) is 6.37. The molecule has 0 bridgehead atoms. The van der Waals surface area contributed by atoms with E-state index in [4.69, 9.17) is 14.2 Å². The molecule has 2 N–H and O–H groups in total. The zero-order valence-electron chi connectivity index (χ0n) is 16.7. The second-order valence-electron chi connectivity index (χ2n) is 6.37. The van der Waals surface area contributed by atoms with Crippen LogP contribution < -0.4 is 25.1 Å². The molecule has 2 heterocycles. The quantitative estimate of drug-likeness (QED) is 0.505. The highest BCUT2D eigenvalue weighted by molar-refractivity contribution is 5.92. The summed E-state index contributed by atoms with van der Waals surface area (Å²) in [7, 11) is 4.72. The largest absolute Gasteiger partial charge is 0.495 e.